The lowest BCUT2D eigenvalue weighted by Gasteiger charge is -2.43. The van der Waals surface area contributed by atoms with E-state index in [4.69, 9.17) is 4.43 Å². The van der Waals surface area contributed by atoms with Crippen LogP contribution in [-0.2, 0) is 4.43 Å². The van der Waals surface area contributed by atoms with Gasteiger partial charge in [0, 0.05) is 12.5 Å². The number of benzene rings is 2. The molecule has 0 aliphatic rings. The maximum atomic E-state index is 10.6. The first kappa shape index (κ1) is 26.8. The molecule has 2 aromatic carbocycles. The molecule has 2 N–H and O–H groups in total. The molecule has 0 amide bonds. The third-order valence-corrected chi connectivity index (χ3v) is 12.0. The van der Waals surface area contributed by atoms with E-state index in [0.717, 1.165) is 19.3 Å². The van der Waals surface area contributed by atoms with Crippen LogP contribution in [-0.4, -0.2) is 37.3 Å². The minimum Gasteiger partial charge on any atom is -0.407 e. The van der Waals surface area contributed by atoms with E-state index >= 15 is 0 Å². The molecule has 4 heteroatoms. The van der Waals surface area contributed by atoms with Gasteiger partial charge in [0.1, 0.15) is 0 Å². The molecule has 178 valence electrons. The average Bonchev–Trinajstić information content (AvgIpc) is 2.80. The zero-order valence-electron chi connectivity index (χ0n) is 20.9. The molecule has 0 heterocycles. The first-order chi connectivity index (χ1) is 15.1. The standard InChI is InChI=1S/C28H44O3Si/c1-7-22(2)27(30)23(3)26(29)20-14-15-21-31-32(28(4,5)6,24-16-10-8-11-17-24)25-18-12-9-13-19-25/h8-13,16-19,22-23,26-27,29-30H,7,14-15,20-21H2,1-6H3/t22-,23-,26-,27+/m1/s1. The van der Waals surface area contributed by atoms with Gasteiger partial charge in [-0.2, -0.15) is 0 Å². The number of aliphatic hydroxyl groups is 2. The van der Waals surface area contributed by atoms with Crippen molar-refractivity contribution in [1.82, 2.24) is 0 Å². The lowest BCUT2D eigenvalue weighted by Crippen LogP contribution is -2.66. The first-order valence-corrected chi connectivity index (χ1v) is 14.2. The van der Waals surface area contributed by atoms with E-state index in [1.54, 1.807) is 0 Å². The maximum Gasteiger partial charge on any atom is 0.261 e. The lowest BCUT2D eigenvalue weighted by molar-refractivity contribution is -0.0111. The Hall–Kier alpha value is -1.46. The molecule has 2 rings (SSSR count). The molecule has 0 bridgehead atoms. The Labute approximate surface area is 197 Å². The Morgan fingerprint density at radius 2 is 1.34 bits per heavy atom. The van der Waals surface area contributed by atoms with E-state index in [1.165, 1.54) is 10.4 Å². The maximum absolute atomic E-state index is 10.6. The van der Waals surface area contributed by atoms with Crippen LogP contribution in [0.5, 0.6) is 0 Å². The molecule has 0 fully saturated rings. The minimum absolute atomic E-state index is 0.0237. The summed E-state index contributed by atoms with van der Waals surface area (Å²) in [5, 5.41) is 23.6. The summed E-state index contributed by atoms with van der Waals surface area (Å²) in [6, 6.07) is 21.4. The van der Waals surface area contributed by atoms with Gasteiger partial charge in [0.2, 0.25) is 0 Å². The number of hydrogen-bond donors (Lipinski definition) is 2. The molecular weight excluding hydrogens is 412 g/mol. The van der Waals surface area contributed by atoms with Gasteiger partial charge in [-0.15, -0.1) is 0 Å². The van der Waals surface area contributed by atoms with Crippen LogP contribution >= 0.6 is 0 Å². The molecule has 0 saturated carbocycles. The fraction of sp³-hybridized carbons (Fsp3) is 0.571. The average molecular weight is 457 g/mol. The summed E-state index contributed by atoms with van der Waals surface area (Å²) >= 11 is 0. The van der Waals surface area contributed by atoms with Crippen molar-refractivity contribution in [3.05, 3.63) is 60.7 Å². The SMILES string of the molecule is CC[C@@H](C)[C@H](O)[C@H](C)[C@H](O)CCCCO[Si](c1ccccc1)(c1ccccc1)C(C)(C)C. The summed E-state index contributed by atoms with van der Waals surface area (Å²) in [7, 11) is -2.49. The van der Waals surface area contributed by atoms with Crippen molar-refractivity contribution in [2.75, 3.05) is 6.61 Å². The van der Waals surface area contributed by atoms with Crippen molar-refractivity contribution in [3.63, 3.8) is 0 Å². The Balaban J connectivity index is 2.09. The molecular formula is C28H44O3Si. The second kappa shape index (κ2) is 12.1. The molecule has 0 aliphatic heterocycles. The molecule has 0 radical (unpaired) electrons. The van der Waals surface area contributed by atoms with Crippen LogP contribution in [0.1, 0.15) is 67.2 Å². The van der Waals surface area contributed by atoms with Crippen LogP contribution in [0.2, 0.25) is 5.04 Å². The predicted molar refractivity (Wildman–Crippen MR) is 138 cm³/mol. The Kier molecular flexibility index (Phi) is 10.2. The smallest absolute Gasteiger partial charge is 0.261 e. The zero-order valence-corrected chi connectivity index (χ0v) is 21.9. The molecule has 0 aliphatic carbocycles. The minimum atomic E-state index is -2.49. The van der Waals surface area contributed by atoms with Gasteiger partial charge in [-0.1, -0.05) is 109 Å². The Morgan fingerprint density at radius 3 is 1.78 bits per heavy atom. The van der Waals surface area contributed by atoms with Gasteiger partial charge in [0.15, 0.2) is 0 Å². The van der Waals surface area contributed by atoms with Crippen molar-refractivity contribution in [2.45, 2.75) is 84.5 Å². The van der Waals surface area contributed by atoms with Crippen LogP contribution in [0, 0.1) is 11.8 Å². The van der Waals surface area contributed by atoms with Crippen molar-refractivity contribution < 1.29 is 14.6 Å². The van der Waals surface area contributed by atoms with Gasteiger partial charge in [-0.25, -0.2) is 0 Å². The van der Waals surface area contributed by atoms with Crippen LogP contribution in [0.15, 0.2) is 60.7 Å². The molecule has 0 spiro atoms. The number of aliphatic hydroxyl groups excluding tert-OH is 2. The molecule has 2 aromatic rings. The highest BCUT2D eigenvalue weighted by Crippen LogP contribution is 2.36. The fourth-order valence-electron chi connectivity index (χ4n) is 4.69. The molecule has 0 saturated heterocycles. The van der Waals surface area contributed by atoms with Gasteiger partial charge < -0.3 is 14.6 Å². The van der Waals surface area contributed by atoms with Gasteiger partial charge in [0.05, 0.1) is 12.2 Å². The quantitative estimate of drug-likeness (QED) is 0.343. The third kappa shape index (κ3) is 6.32. The second-order valence-electron chi connectivity index (χ2n) is 10.3. The van der Waals surface area contributed by atoms with Crippen molar-refractivity contribution in [2.24, 2.45) is 11.8 Å². The van der Waals surface area contributed by atoms with Gasteiger partial charge in [-0.3, -0.25) is 0 Å². The van der Waals surface area contributed by atoms with Crippen molar-refractivity contribution in [1.29, 1.82) is 0 Å². The summed E-state index contributed by atoms with van der Waals surface area (Å²) in [5.74, 6) is 0.0978. The number of unbranched alkanes of at least 4 members (excludes halogenated alkanes) is 1. The van der Waals surface area contributed by atoms with Gasteiger partial charge in [0.25, 0.3) is 8.32 Å². The highest BCUT2D eigenvalue weighted by molar-refractivity contribution is 6.99. The molecule has 0 unspecified atom stereocenters. The predicted octanol–water partition coefficient (Wildman–Crippen LogP) is 5.14. The highest BCUT2D eigenvalue weighted by atomic mass is 28.4. The molecule has 32 heavy (non-hydrogen) atoms. The monoisotopic (exact) mass is 456 g/mol. The number of rotatable bonds is 12. The lowest BCUT2D eigenvalue weighted by atomic mass is 9.86. The van der Waals surface area contributed by atoms with Crippen LogP contribution in [0.3, 0.4) is 0 Å². The molecule has 3 nitrogen and oxygen atoms in total. The van der Waals surface area contributed by atoms with Crippen molar-refractivity contribution >= 4 is 18.7 Å². The summed E-state index contributed by atoms with van der Waals surface area (Å²) < 4.78 is 6.92. The first-order valence-electron chi connectivity index (χ1n) is 12.3. The van der Waals surface area contributed by atoms with E-state index in [1.807, 2.05) is 13.8 Å². The van der Waals surface area contributed by atoms with Gasteiger partial charge >= 0.3 is 0 Å². The Morgan fingerprint density at radius 1 is 0.844 bits per heavy atom. The van der Waals surface area contributed by atoms with E-state index in [2.05, 4.69) is 88.4 Å². The van der Waals surface area contributed by atoms with E-state index in [0.29, 0.717) is 13.0 Å². The topological polar surface area (TPSA) is 49.7 Å². The van der Waals surface area contributed by atoms with Crippen LogP contribution in [0.4, 0.5) is 0 Å². The van der Waals surface area contributed by atoms with Gasteiger partial charge in [-0.05, 0) is 40.6 Å². The summed E-state index contributed by atoms with van der Waals surface area (Å²) in [5.41, 5.74) is 0. The van der Waals surface area contributed by atoms with Crippen LogP contribution in [0.25, 0.3) is 0 Å². The number of hydrogen-bond acceptors (Lipinski definition) is 3. The van der Waals surface area contributed by atoms with E-state index in [-0.39, 0.29) is 16.9 Å². The van der Waals surface area contributed by atoms with Crippen LogP contribution < -0.4 is 10.4 Å². The summed E-state index contributed by atoms with van der Waals surface area (Å²) in [6.07, 6.45) is 2.46. The van der Waals surface area contributed by atoms with E-state index < -0.39 is 20.5 Å². The normalized spacial score (nSPS) is 16.4. The highest BCUT2D eigenvalue weighted by Gasteiger charge is 2.49. The summed E-state index contributed by atoms with van der Waals surface area (Å²) in [6.45, 7) is 13.6. The summed E-state index contributed by atoms with van der Waals surface area (Å²) in [4.78, 5) is 0. The Bertz CT molecular complexity index is 733. The van der Waals surface area contributed by atoms with E-state index in [9.17, 15) is 10.2 Å². The largest absolute Gasteiger partial charge is 0.407 e. The second-order valence-corrected chi connectivity index (χ2v) is 14.6. The third-order valence-electron chi connectivity index (χ3n) is 7.00. The molecule has 4 atom stereocenters. The zero-order chi connectivity index (χ0) is 23.8. The fourth-order valence-corrected chi connectivity index (χ4v) is 9.30. The van der Waals surface area contributed by atoms with Crippen molar-refractivity contribution in [3.8, 4) is 0 Å². The molecule has 0 aromatic heterocycles.